The van der Waals surface area contributed by atoms with Crippen LogP contribution in [0.5, 0.6) is 5.75 Å². The maximum absolute atomic E-state index is 12.3. The molecule has 1 atom stereocenters. The van der Waals surface area contributed by atoms with Crippen molar-refractivity contribution in [2.24, 2.45) is 0 Å². The zero-order valence-corrected chi connectivity index (χ0v) is 13.8. The molecule has 0 spiro atoms. The van der Waals surface area contributed by atoms with Gasteiger partial charge in [0.2, 0.25) is 5.91 Å². The first-order valence-electron chi connectivity index (χ1n) is 7.89. The lowest BCUT2D eigenvalue weighted by atomic mass is 10.1. The number of benzene rings is 2. The van der Waals surface area contributed by atoms with Gasteiger partial charge in [-0.15, -0.1) is 0 Å². The van der Waals surface area contributed by atoms with Gasteiger partial charge in [-0.25, -0.2) is 0 Å². The molecule has 0 aromatic heterocycles. The smallest absolute Gasteiger partial charge is 0.254 e. The highest BCUT2D eigenvalue weighted by Gasteiger charge is 2.28. The fourth-order valence-electron chi connectivity index (χ4n) is 2.90. The van der Waals surface area contributed by atoms with Crippen LogP contribution in [0.1, 0.15) is 34.5 Å². The predicted molar refractivity (Wildman–Crippen MR) is 90.7 cm³/mol. The first-order valence-corrected chi connectivity index (χ1v) is 7.89. The number of carbonyl (C=O) groups excluding carboxylic acids is 2. The second-order valence-corrected chi connectivity index (χ2v) is 5.88. The van der Waals surface area contributed by atoms with E-state index in [0.717, 1.165) is 16.9 Å². The molecular formula is C19H20N2O3. The summed E-state index contributed by atoms with van der Waals surface area (Å²) in [4.78, 5) is 26.2. The number of amides is 2. The van der Waals surface area contributed by atoms with Crippen LogP contribution in [0.2, 0.25) is 0 Å². The summed E-state index contributed by atoms with van der Waals surface area (Å²) in [5, 5.41) is 2.93. The number of nitrogens with zero attached hydrogens (tertiary/aromatic N) is 1. The number of methoxy groups -OCH3 is 1. The van der Waals surface area contributed by atoms with E-state index in [1.165, 1.54) is 0 Å². The topological polar surface area (TPSA) is 58.6 Å². The Morgan fingerprint density at radius 1 is 1.25 bits per heavy atom. The Morgan fingerprint density at radius 2 is 2.04 bits per heavy atom. The van der Waals surface area contributed by atoms with E-state index in [2.05, 4.69) is 5.32 Å². The molecule has 5 nitrogen and oxygen atoms in total. The van der Waals surface area contributed by atoms with Crippen LogP contribution in [0.25, 0.3) is 0 Å². The molecule has 0 saturated heterocycles. The molecule has 24 heavy (non-hydrogen) atoms. The minimum atomic E-state index is -0.175. The highest BCUT2D eigenvalue weighted by Crippen LogP contribution is 2.22. The van der Waals surface area contributed by atoms with E-state index in [1.807, 2.05) is 49.4 Å². The van der Waals surface area contributed by atoms with Crippen LogP contribution in [0, 0.1) is 0 Å². The lowest BCUT2D eigenvalue weighted by Gasteiger charge is -2.19. The molecule has 5 heteroatoms. The third-order valence-corrected chi connectivity index (χ3v) is 4.20. The number of carbonyl (C=O) groups is 2. The summed E-state index contributed by atoms with van der Waals surface area (Å²) in [7, 11) is 1.61. The van der Waals surface area contributed by atoms with E-state index in [1.54, 1.807) is 18.1 Å². The van der Waals surface area contributed by atoms with E-state index in [-0.39, 0.29) is 24.4 Å². The average Bonchev–Trinajstić information content (AvgIpc) is 2.91. The molecule has 1 N–H and O–H groups in total. The molecule has 0 fully saturated rings. The van der Waals surface area contributed by atoms with Gasteiger partial charge in [0.05, 0.1) is 13.2 Å². The number of hydrogen-bond acceptors (Lipinski definition) is 3. The fraction of sp³-hybridized carbons (Fsp3) is 0.263. The number of hydrogen-bond donors (Lipinski definition) is 1. The summed E-state index contributed by atoms with van der Waals surface area (Å²) < 4.78 is 5.20. The molecule has 3 rings (SSSR count). The van der Waals surface area contributed by atoms with Gasteiger partial charge >= 0.3 is 0 Å². The van der Waals surface area contributed by atoms with Crippen LogP contribution in [-0.2, 0) is 11.3 Å². The molecule has 1 heterocycles. The Kier molecular flexibility index (Phi) is 4.51. The van der Waals surface area contributed by atoms with Crippen molar-refractivity contribution >= 4 is 11.8 Å². The van der Waals surface area contributed by atoms with Crippen LogP contribution in [-0.4, -0.2) is 30.4 Å². The molecule has 124 valence electrons. The second kappa shape index (κ2) is 6.74. The largest absolute Gasteiger partial charge is 0.497 e. The van der Waals surface area contributed by atoms with Crippen LogP contribution < -0.4 is 10.1 Å². The van der Waals surface area contributed by atoms with Crippen LogP contribution >= 0.6 is 0 Å². The Labute approximate surface area is 141 Å². The minimum absolute atomic E-state index is 0.0574. The zero-order valence-electron chi connectivity index (χ0n) is 13.8. The van der Waals surface area contributed by atoms with Gasteiger partial charge in [-0.05, 0) is 36.2 Å². The lowest BCUT2D eigenvalue weighted by Crippen LogP contribution is -2.38. The third-order valence-electron chi connectivity index (χ3n) is 4.20. The second-order valence-electron chi connectivity index (χ2n) is 5.88. The predicted octanol–water partition coefficient (Wildman–Crippen LogP) is 2.53. The Bertz CT molecular complexity index is 773. The normalized spacial score (nSPS) is 14.2. The maximum Gasteiger partial charge on any atom is 0.254 e. The lowest BCUT2D eigenvalue weighted by molar-refractivity contribution is -0.122. The molecule has 2 aromatic rings. The van der Waals surface area contributed by atoms with E-state index >= 15 is 0 Å². The Balaban J connectivity index is 1.61. The highest BCUT2D eigenvalue weighted by molar-refractivity contribution is 6.00. The summed E-state index contributed by atoms with van der Waals surface area (Å²) in [6.07, 6.45) is 0. The summed E-state index contributed by atoms with van der Waals surface area (Å²) in [5.41, 5.74) is 2.61. The molecular weight excluding hydrogens is 304 g/mol. The molecule has 0 saturated carbocycles. The van der Waals surface area contributed by atoms with E-state index in [4.69, 9.17) is 4.74 Å². The van der Waals surface area contributed by atoms with Gasteiger partial charge in [-0.1, -0.05) is 30.3 Å². The van der Waals surface area contributed by atoms with Gasteiger partial charge in [0.15, 0.2) is 0 Å². The average molecular weight is 324 g/mol. The summed E-state index contributed by atoms with van der Waals surface area (Å²) in [5.74, 6) is 0.486. The molecule has 2 aromatic carbocycles. The van der Waals surface area contributed by atoms with Crippen molar-refractivity contribution in [3.63, 3.8) is 0 Å². The van der Waals surface area contributed by atoms with Crippen molar-refractivity contribution < 1.29 is 14.3 Å². The van der Waals surface area contributed by atoms with Gasteiger partial charge in [0, 0.05) is 12.1 Å². The van der Waals surface area contributed by atoms with Crippen LogP contribution in [0.3, 0.4) is 0 Å². The van der Waals surface area contributed by atoms with E-state index < -0.39 is 0 Å². The quantitative estimate of drug-likeness (QED) is 0.919. The number of ether oxygens (including phenoxy) is 1. The summed E-state index contributed by atoms with van der Waals surface area (Å²) in [6, 6.07) is 14.9. The molecule has 1 aliphatic rings. The standard InChI is InChI=1S/C19H20N2O3/c1-13(14-7-5-8-16(10-14)24-2)20-18(22)12-21-11-15-6-3-4-9-17(15)19(21)23/h3-10,13H,11-12H2,1-2H3,(H,20,22)/t13-/m1/s1. The molecule has 0 radical (unpaired) electrons. The summed E-state index contributed by atoms with van der Waals surface area (Å²) in [6.45, 7) is 2.45. The van der Waals surface area contributed by atoms with Gasteiger partial charge in [0.1, 0.15) is 12.3 Å². The molecule has 0 unspecified atom stereocenters. The van der Waals surface area contributed by atoms with Crippen molar-refractivity contribution in [2.45, 2.75) is 19.5 Å². The molecule has 2 amide bonds. The molecule has 0 bridgehead atoms. The van der Waals surface area contributed by atoms with Crippen molar-refractivity contribution in [3.8, 4) is 5.75 Å². The van der Waals surface area contributed by atoms with Crippen molar-refractivity contribution in [1.29, 1.82) is 0 Å². The molecule has 1 aliphatic heterocycles. The number of nitrogens with one attached hydrogen (secondary N) is 1. The molecule has 0 aliphatic carbocycles. The van der Waals surface area contributed by atoms with Crippen LogP contribution in [0.15, 0.2) is 48.5 Å². The SMILES string of the molecule is COc1cccc([C@@H](C)NC(=O)CN2Cc3ccccc3C2=O)c1. The van der Waals surface area contributed by atoms with Crippen molar-refractivity contribution in [3.05, 3.63) is 65.2 Å². The first-order chi connectivity index (χ1) is 11.6. The third kappa shape index (κ3) is 3.25. The number of rotatable bonds is 5. The van der Waals surface area contributed by atoms with E-state index in [9.17, 15) is 9.59 Å². The Morgan fingerprint density at radius 3 is 2.79 bits per heavy atom. The fourth-order valence-corrected chi connectivity index (χ4v) is 2.90. The van der Waals surface area contributed by atoms with Gasteiger partial charge in [-0.3, -0.25) is 9.59 Å². The minimum Gasteiger partial charge on any atom is -0.497 e. The van der Waals surface area contributed by atoms with Crippen LogP contribution in [0.4, 0.5) is 0 Å². The maximum atomic E-state index is 12.3. The van der Waals surface area contributed by atoms with Crippen molar-refractivity contribution in [2.75, 3.05) is 13.7 Å². The van der Waals surface area contributed by atoms with Gasteiger partial charge < -0.3 is 15.0 Å². The van der Waals surface area contributed by atoms with E-state index in [0.29, 0.717) is 12.1 Å². The van der Waals surface area contributed by atoms with Gasteiger partial charge in [0.25, 0.3) is 5.91 Å². The van der Waals surface area contributed by atoms with Crippen molar-refractivity contribution in [1.82, 2.24) is 10.2 Å². The first kappa shape index (κ1) is 16.1. The Hall–Kier alpha value is -2.82. The zero-order chi connectivity index (χ0) is 17.1. The monoisotopic (exact) mass is 324 g/mol. The highest BCUT2D eigenvalue weighted by atomic mass is 16.5. The summed E-state index contributed by atoms with van der Waals surface area (Å²) >= 11 is 0. The number of fused-ring (bicyclic) bond motifs is 1. The van der Waals surface area contributed by atoms with Gasteiger partial charge in [-0.2, -0.15) is 0 Å².